The normalized spacial score (nSPS) is 11.4. The maximum atomic E-state index is 11.4. The molecule has 0 amide bonds. The molecule has 0 saturated heterocycles. The fourth-order valence-electron chi connectivity index (χ4n) is 1.60. The van der Waals surface area contributed by atoms with Crippen molar-refractivity contribution in [1.29, 1.82) is 0 Å². The zero-order valence-electron chi connectivity index (χ0n) is 7.04. The highest BCUT2D eigenvalue weighted by Gasteiger charge is 2.06. The van der Waals surface area contributed by atoms with E-state index in [0.717, 1.165) is 0 Å². The maximum Gasteiger partial charge on any atom is 0.353 e. The summed E-state index contributed by atoms with van der Waals surface area (Å²) in [6.45, 7) is 0. The van der Waals surface area contributed by atoms with Gasteiger partial charge >= 0.3 is 5.69 Å². The Morgan fingerprint density at radius 1 is 1.14 bits per heavy atom. The summed E-state index contributed by atoms with van der Waals surface area (Å²) in [5, 5.41) is 0.456. The summed E-state index contributed by atoms with van der Waals surface area (Å²) >= 11 is 0. The number of rotatable bonds is 0. The van der Waals surface area contributed by atoms with Crippen molar-refractivity contribution in [3.63, 3.8) is 0 Å². The summed E-state index contributed by atoms with van der Waals surface area (Å²) in [7, 11) is 0. The van der Waals surface area contributed by atoms with Crippen LogP contribution in [0.3, 0.4) is 0 Å². The highest BCUT2D eigenvalue weighted by atomic mass is 16.1. The van der Waals surface area contributed by atoms with Gasteiger partial charge < -0.3 is 4.40 Å². The number of pyridine rings is 1. The Morgan fingerprint density at radius 2 is 2.00 bits per heavy atom. The summed E-state index contributed by atoms with van der Waals surface area (Å²) < 4.78 is 3.08. The summed E-state index contributed by atoms with van der Waals surface area (Å²) in [6, 6.07) is 1.45. The lowest BCUT2D eigenvalue weighted by Gasteiger charge is -1.97. The second-order valence-electron chi connectivity index (χ2n) is 3.03. The van der Waals surface area contributed by atoms with Gasteiger partial charge in [0.05, 0.1) is 5.39 Å². The van der Waals surface area contributed by atoms with Gasteiger partial charge in [-0.2, -0.15) is 0 Å². The molecule has 0 aliphatic rings. The smallest absolute Gasteiger partial charge is 0.307 e. The molecule has 0 spiro atoms. The molecule has 3 rings (SSSR count). The van der Waals surface area contributed by atoms with E-state index in [1.165, 1.54) is 16.7 Å². The fraction of sp³-hybridized carbons (Fsp3) is 0. The topological polar surface area (TPSA) is 55.9 Å². The van der Waals surface area contributed by atoms with Gasteiger partial charge in [-0.3, -0.25) is 9.20 Å². The lowest BCUT2D eigenvalue weighted by Crippen LogP contribution is -2.17. The van der Waals surface area contributed by atoms with E-state index in [9.17, 15) is 9.59 Å². The zero-order valence-corrected chi connectivity index (χ0v) is 7.04. The van der Waals surface area contributed by atoms with E-state index in [1.807, 2.05) is 0 Å². The second-order valence-corrected chi connectivity index (χ2v) is 3.03. The molecule has 0 saturated carbocycles. The van der Waals surface area contributed by atoms with Crippen LogP contribution >= 0.6 is 0 Å². The summed E-state index contributed by atoms with van der Waals surface area (Å²) in [6.07, 6.45) is 6.26. The van der Waals surface area contributed by atoms with E-state index < -0.39 is 0 Å². The second kappa shape index (κ2) is 2.20. The van der Waals surface area contributed by atoms with E-state index >= 15 is 0 Å². The van der Waals surface area contributed by atoms with Gasteiger partial charge in [0.25, 0.3) is 0 Å². The molecule has 0 radical (unpaired) electrons. The van der Waals surface area contributed by atoms with Crippen LogP contribution in [0.25, 0.3) is 11.0 Å². The molecule has 0 N–H and O–H groups in total. The monoisotopic (exact) mass is 187 g/mol. The largest absolute Gasteiger partial charge is 0.353 e. The Kier molecular flexibility index (Phi) is 1.14. The molecule has 0 aliphatic heterocycles. The number of nitrogens with zero attached hydrogens (tertiary/aromatic N) is 3. The summed E-state index contributed by atoms with van der Waals surface area (Å²) in [5.74, 6) is 0. The standard InChI is InChI=1S/C9H5N3O2/c13-7-1-2-11-3-4-12-8(11)6(7)5-10-9(12)14/h1-5H. The van der Waals surface area contributed by atoms with Gasteiger partial charge in [0, 0.05) is 30.9 Å². The molecule has 3 aromatic rings. The first kappa shape index (κ1) is 7.25. The summed E-state index contributed by atoms with van der Waals surface area (Å²) in [4.78, 5) is 26.3. The molecular formula is C9H5N3O2. The van der Waals surface area contributed by atoms with Crippen LogP contribution in [-0.2, 0) is 0 Å². The minimum absolute atomic E-state index is 0.124. The highest BCUT2D eigenvalue weighted by molar-refractivity contribution is 5.74. The molecule has 5 heteroatoms. The molecule has 3 aromatic heterocycles. The molecule has 3 heterocycles. The lowest BCUT2D eigenvalue weighted by atomic mass is 10.3. The minimum atomic E-state index is -0.370. The van der Waals surface area contributed by atoms with Crippen LogP contribution in [0.15, 0.2) is 40.4 Å². The Hall–Kier alpha value is -2.17. The highest BCUT2D eigenvalue weighted by Crippen LogP contribution is 2.05. The van der Waals surface area contributed by atoms with Crippen molar-refractivity contribution in [3.05, 3.63) is 51.6 Å². The van der Waals surface area contributed by atoms with E-state index in [-0.39, 0.29) is 11.1 Å². The van der Waals surface area contributed by atoms with Crippen LogP contribution in [0.2, 0.25) is 0 Å². The fourth-order valence-corrected chi connectivity index (χ4v) is 1.60. The molecule has 0 aliphatic carbocycles. The molecule has 0 bridgehead atoms. The van der Waals surface area contributed by atoms with E-state index in [2.05, 4.69) is 4.98 Å². The van der Waals surface area contributed by atoms with E-state index in [4.69, 9.17) is 0 Å². The van der Waals surface area contributed by atoms with Crippen LogP contribution in [0.4, 0.5) is 0 Å². The first-order chi connectivity index (χ1) is 6.77. The molecular weight excluding hydrogens is 182 g/mol. The zero-order chi connectivity index (χ0) is 9.71. The van der Waals surface area contributed by atoms with Crippen molar-refractivity contribution in [2.75, 3.05) is 0 Å². The third kappa shape index (κ3) is 0.711. The van der Waals surface area contributed by atoms with Crippen molar-refractivity contribution in [3.8, 4) is 0 Å². The molecule has 0 atom stereocenters. The number of hydrogen-bond acceptors (Lipinski definition) is 3. The maximum absolute atomic E-state index is 11.4. The van der Waals surface area contributed by atoms with E-state index in [0.29, 0.717) is 11.0 Å². The van der Waals surface area contributed by atoms with Gasteiger partial charge in [0.15, 0.2) is 5.43 Å². The minimum Gasteiger partial charge on any atom is -0.307 e. The SMILES string of the molecule is O=c1ccn2ccn3c(=O)ncc1c23. The van der Waals surface area contributed by atoms with Crippen LogP contribution in [0.5, 0.6) is 0 Å². The van der Waals surface area contributed by atoms with Crippen molar-refractivity contribution in [2.45, 2.75) is 0 Å². The quantitative estimate of drug-likeness (QED) is 0.487. The van der Waals surface area contributed by atoms with Gasteiger partial charge in [-0.1, -0.05) is 0 Å². The van der Waals surface area contributed by atoms with Gasteiger partial charge in [0.1, 0.15) is 5.65 Å². The summed E-state index contributed by atoms with van der Waals surface area (Å²) in [5.41, 5.74) is 0.0873. The third-order valence-corrected chi connectivity index (χ3v) is 2.25. The van der Waals surface area contributed by atoms with Gasteiger partial charge in [-0.05, 0) is 0 Å². The molecule has 0 unspecified atom stereocenters. The Labute approximate surface area is 77.2 Å². The predicted octanol–water partition coefficient (Wildman–Crippen LogP) is -0.255. The Morgan fingerprint density at radius 3 is 2.86 bits per heavy atom. The predicted molar refractivity (Wildman–Crippen MR) is 49.9 cm³/mol. The van der Waals surface area contributed by atoms with Crippen molar-refractivity contribution in [1.82, 2.24) is 13.8 Å². The number of imidazole rings is 1. The van der Waals surface area contributed by atoms with Crippen molar-refractivity contribution in [2.24, 2.45) is 0 Å². The molecule has 0 fully saturated rings. The van der Waals surface area contributed by atoms with Crippen molar-refractivity contribution < 1.29 is 0 Å². The number of hydrogen-bond donors (Lipinski definition) is 0. The molecule has 5 nitrogen and oxygen atoms in total. The van der Waals surface area contributed by atoms with Crippen LogP contribution < -0.4 is 11.1 Å². The average Bonchev–Trinajstić information content (AvgIpc) is 2.60. The average molecular weight is 187 g/mol. The Balaban J connectivity index is 2.86. The third-order valence-electron chi connectivity index (χ3n) is 2.25. The number of aromatic nitrogens is 3. The van der Waals surface area contributed by atoms with Crippen LogP contribution in [-0.4, -0.2) is 13.8 Å². The van der Waals surface area contributed by atoms with Gasteiger partial charge in [-0.15, -0.1) is 0 Å². The van der Waals surface area contributed by atoms with Crippen LogP contribution in [0.1, 0.15) is 0 Å². The first-order valence-electron chi connectivity index (χ1n) is 4.08. The van der Waals surface area contributed by atoms with Gasteiger partial charge in [0.2, 0.25) is 0 Å². The molecule has 68 valence electrons. The Bertz CT molecular complexity index is 726. The molecule has 0 aromatic carbocycles. The lowest BCUT2D eigenvalue weighted by molar-refractivity contribution is 1.00. The van der Waals surface area contributed by atoms with Gasteiger partial charge in [-0.25, -0.2) is 9.78 Å². The van der Waals surface area contributed by atoms with Crippen LogP contribution in [0, 0.1) is 0 Å². The first-order valence-corrected chi connectivity index (χ1v) is 4.08. The van der Waals surface area contributed by atoms with Crippen molar-refractivity contribution >= 4 is 11.0 Å². The van der Waals surface area contributed by atoms with E-state index in [1.54, 1.807) is 23.0 Å². The molecule has 14 heavy (non-hydrogen) atoms.